The monoisotopic (exact) mass is 303 g/mol. The summed E-state index contributed by atoms with van der Waals surface area (Å²) in [6, 6.07) is 4.22. The Morgan fingerprint density at radius 2 is 2.29 bits per heavy atom. The fourth-order valence-electron chi connectivity index (χ4n) is 1.05. The predicted molar refractivity (Wildman–Crippen MR) is 62.7 cm³/mol. The van der Waals surface area contributed by atoms with Crippen LogP contribution >= 0.6 is 15.9 Å². The van der Waals surface area contributed by atoms with Crippen molar-refractivity contribution in [2.24, 2.45) is 0 Å². The molecule has 6 nitrogen and oxygen atoms in total. The van der Waals surface area contributed by atoms with Crippen LogP contribution in [0.5, 0.6) is 0 Å². The summed E-state index contributed by atoms with van der Waals surface area (Å²) in [4.78, 5) is 20.5. The lowest BCUT2D eigenvalue weighted by molar-refractivity contribution is -0.385. The highest BCUT2D eigenvalue weighted by Crippen LogP contribution is 2.23. The number of ether oxygens (including phenoxy) is 1. The Morgan fingerprint density at radius 3 is 2.76 bits per heavy atom. The van der Waals surface area contributed by atoms with Gasteiger partial charge in [-0.1, -0.05) is 15.9 Å². The van der Waals surface area contributed by atoms with Gasteiger partial charge in [-0.05, 0) is 18.6 Å². The minimum Gasteiger partial charge on any atom is -0.479 e. The van der Waals surface area contributed by atoms with E-state index in [1.54, 1.807) is 0 Å². The van der Waals surface area contributed by atoms with Gasteiger partial charge in [0.15, 0.2) is 6.10 Å². The van der Waals surface area contributed by atoms with Crippen LogP contribution in [0.1, 0.15) is 12.5 Å². The number of hydrogen-bond acceptors (Lipinski definition) is 4. The molecule has 17 heavy (non-hydrogen) atoms. The quantitative estimate of drug-likeness (QED) is 0.666. The maximum atomic E-state index is 10.5. The number of carboxylic acids is 1. The molecule has 0 saturated carbocycles. The number of nitro groups is 1. The van der Waals surface area contributed by atoms with Crippen LogP contribution in [0.25, 0.3) is 0 Å². The van der Waals surface area contributed by atoms with Gasteiger partial charge >= 0.3 is 5.97 Å². The normalized spacial score (nSPS) is 12.1. The van der Waals surface area contributed by atoms with Crippen LogP contribution < -0.4 is 0 Å². The minimum absolute atomic E-state index is 0.0353. The highest BCUT2D eigenvalue weighted by Gasteiger charge is 2.13. The van der Waals surface area contributed by atoms with Crippen molar-refractivity contribution >= 4 is 27.6 Å². The van der Waals surface area contributed by atoms with Gasteiger partial charge in [-0.15, -0.1) is 0 Å². The van der Waals surface area contributed by atoms with E-state index in [9.17, 15) is 14.9 Å². The van der Waals surface area contributed by atoms with E-state index < -0.39 is 17.0 Å². The molecule has 0 radical (unpaired) electrons. The van der Waals surface area contributed by atoms with Crippen molar-refractivity contribution in [2.75, 3.05) is 0 Å². The largest absolute Gasteiger partial charge is 0.479 e. The van der Waals surface area contributed by atoms with Crippen molar-refractivity contribution in [3.63, 3.8) is 0 Å². The molecule has 0 aliphatic rings. The number of non-ortho nitro benzene ring substituents is 1. The molecule has 1 aromatic rings. The van der Waals surface area contributed by atoms with Crippen LogP contribution in [-0.4, -0.2) is 22.1 Å². The van der Waals surface area contributed by atoms with E-state index in [1.807, 2.05) is 0 Å². The molecule has 0 aromatic heterocycles. The first-order valence-corrected chi connectivity index (χ1v) is 5.48. The van der Waals surface area contributed by atoms with Gasteiger partial charge in [0.05, 0.1) is 11.5 Å². The molecule has 92 valence electrons. The first-order chi connectivity index (χ1) is 7.91. The molecular formula is C10H10BrNO5. The van der Waals surface area contributed by atoms with Crippen molar-refractivity contribution in [1.82, 2.24) is 0 Å². The number of nitro benzene ring substituents is 1. The van der Waals surface area contributed by atoms with Gasteiger partial charge in [0.25, 0.3) is 5.69 Å². The van der Waals surface area contributed by atoms with E-state index >= 15 is 0 Å². The standard InChI is InChI=1S/C10H10BrNO5/c1-6(10(13)14)17-5-7-2-3-8(12(15)16)4-9(7)11/h2-4,6H,5H2,1H3,(H,13,14)/t6-/m0/s1. The van der Waals surface area contributed by atoms with Crippen molar-refractivity contribution in [2.45, 2.75) is 19.6 Å². The van der Waals surface area contributed by atoms with Gasteiger partial charge in [0.2, 0.25) is 0 Å². The summed E-state index contributed by atoms with van der Waals surface area (Å²) < 4.78 is 5.59. The number of benzene rings is 1. The third kappa shape index (κ3) is 3.79. The highest BCUT2D eigenvalue weighted by atomic mass is 79.9. The van der Waals surface area contributed by atoms with Gasteiger partial charge in [0, 0.05) is 16.6 Å². The van der Waals surface area contributed by atoms with Crippen LogP contribution in [0.2, 0.25) is 0 Å². The fraction of sp³-hybridized carbons (Fsp3) is 0.300. The zero-order chi connectivity index (χ0) is 13.0. The molecule has 0 heterocycles. The molecule has 0 aliphatic carbocycles. The molecule has 0 spiro atoms. The lowest BCUT2D eigenvalue weighted by atomic mass is 10.2. The molecule has 0 bridgehead atoms. The van der Waals surface area contributed by atoms with Crippen LogP contribution in [0.3, 0.4) is 0 Å². The molecule has 1 aromatic carbocycles. The Morgan fingerprint density at radius 1 is 1.65 bits per heavy atom. The second-order valence-corrected chi connectivity index (χ2v) is 4.18. The molecule has 0 amide bonds. The second-order valence-electron chi connectivity index (χ2n) is 3.32. The minimum atomic E-state index is -1.05. The van der Waals surface area contributed by atoms with E-state index in [0.29, 0.717) is 10.0 Å². The molecule has 0 fully saturated rings. The first kappa shape index (κ1) is 13.6. The molecule has 7 heteroatoms. The number of nitrogens with zero attached hydrogens (tertiary/aromatic N) is 1. The summed E-state index contributed by atoms with van der Waals surface area (Å²) in [5.41, 5.74) is 0.621. The number of aliphatic carboxylic acids is 1. The molecular weight excluding hydrogens is 294 g/mol. The van der Waals surface area contributed by atoms with E-state index in [-0.39, 0.29) is 12.3 Å². The zero-order valence-corrected chi connectivity index (χ0v) is 10.5. The summed E-state index contributed by atoms with van der Waals surface area (Å²) in [6.45, 7) is 1.49. The Balaban J connectivity index is 2.73. The molecule has 1 rings (SSSR count). The van der Waals surface area contributed by atoms with Crippen molar-refractivity contribution in [3.8, 4) is 0 Å². The van der Waals surface area contributed by atoms with Gasteiger partial charge in [-0.2, -0.15) is 0 Å². The van der Waals surface area contributed by atoms with Gasteiger partial charge in [0.1, 0.15) is 0 Å². The van der Waals surface area contributed by atoms with E-state index in [1.165, 1.54) is 25.1 Å². The predicted octanol–water partition coefficient (Wildman–Crippen LogP) is 2.35. The highest BCUT2D eigenvalue weighted by molar-refractivity contribution is 9.10. The summed E-state index contributed by atoms with van der Waals surface area (Å²) in [5, 5.41) is 19.1. The van der Waals surface area contributed by atoms with E-state index in [2.05, 4.69) is 15.9 Å². The maximum Gasteiger partial charge on any atom is 0.332 e. The van der Waals surface area contributed by atoms with Crippen LogP contribution in [0.4, 0.5) is 5.69 Å². The SMILES string of the molecule is C[C@H](OCc1ccc([N+](=O)[O-])cc1Br)C(=O)O. The van der Waals surface area contributed by atoms with E-state index in [4.69, 9.17) is 9.84 Å². The summed E-state index contributed by atoms with van der Waals surface area (Å²) in [5.74, 6) is -1.05. The molecule has 0 unspecified atom stereocenters. The van der Waals surface area contributed by atoms with Gasteiger partial charge in [-0.25, -0.2) is 4.79 Å². The first-order valence-electron chi connectivity index (χ1n) is 4.69. The average molecular weight is 304 g/mol. The Kier molecular flexibility index (Phi) is 4.59. The third-order valence-electron chi connectivity index (χ3n) is 2.08. The van der Waals surface area contributed by atoms with E-state index in [0.717, 1.165) is 0 Å². The van der Waals surface area contributed by atoms with Gasteiger partial charge < -0.3 is 9.84 Å². The molecule has 0 saturated heterocycles. The van der Waals surface area contributed by atoms with Crippen LogP contribution in [0.15, 0.2) is 22.7 Å². The third-order valence-corrected chi connectivity index (χ3v) is 2.82. The smallest absolute Gasteiger partial charge is 0.332 e. The topological polar surface area (TPSA) is 89.7 Å². The fourth-order valence-corrected chi connectivity index (χ4v) is 1.53. The number of carboxylic acid groups (broad SMARTS) is 1. The molecule has 1 atom stereocenters. The average Bonchev–Trinajstić information content (AvgIpc) is 2.26. The van der Waals surface area contributed by atoms with Gasteiger partial charge in [-0.3, -0.25) is 10.1 Å². The van der Waals surface area contributed by atoms with Crippen molar-refractivity contribution < 1.29 is 19.6 Å². The zero-order valence-electron chi connectivity index (χ0n) is 8.92. The van der Waals surface area contributed by atoms with Crippen molar-refractivity contribution in [3.05, 3.63) is 38.3 Å². The lowest BCUT2D eigenvalue weighted by Gasteiger charge is -2.09. The lowest BCUT2D eigenvalue weighted by Crippen LogP contribution is -2.19. The molecule has 0 aliphatic heterocycles. The Labute approximate surface area is 105 Å². The van der Waals surface area contributed by atoms with Crippen LogP contribution in [0, 0.1) is 10.1 Å². The number of hydrogen-bond donors (Lipinski definition) is 1. The second kappa shape index (κ2) is 5.74. The summed E-state index contributed by atoms with van der Waals surface area (Å²) in [6.07, 6.45) is -0.919. The summed E-state index contributed by atoms with van der Waals surface area (Å²) in [7, 11) is 0. The Bertz CT molecular complexity index is 448. The molecule has 1 N–H and O–H groups in total. The number of rotatable bonds is 5. The van der Waals surface area contributed by atoms with Crippen molar-refractivity contribution in [1.29, 1.82) is 0 Å². The number of halogens is 1. The number of carbonyl (C=O) groups is 1. The summed E-state index contributed by atoms with van der Waals surface area (Å²) >= 11 is 3.17. The maximum absolute atomic E-state index is 10.5. The van der Waals surface area contributed by atoms with Crippen LogP contribution in [-0.2, 0) is 16.1 Å². The Hall–Kier alpha value is -1.47.